The Balaban J connectivity index is 0.000000941. The minimum atomic E-state index is -0.191. The Labute approximate surface area is 239 Å². The smallest absolute Gasteiger partial charge is 0.265 e. The van der Waals surface area contributed by atoms with E-state index in [0.29, 0.717) is 29.5 Å². The number of nitrogens with one attached hydrogen (secondary N) is 3. The van der Waals surface area contributed by atoms with Gasteiger partial charge >= 0.3 is 0 Å². The van der Waals surface area contributed by atoms with E-state index < -0.39 is 0 Å². The van der Waals surface area contributed by atoms with Gasteiger partial charge in [-0.2, -0.15) is 0 Å². The Morgan fingerprint density at radius 3 is 2.69 bits per heavy atom. The highest BCUT2D eigenvalue weighted by Crippen LogP contribution is 2.32. The summed E-state index contributed by atoms with van der Waals surface area (Å²) in [5.41, 5.74) is 9.65. The lowest BCUT2D eigenvalue weighted by molar-refractivity contribution is -0.0792. The topological polar surface area (TPSA) is 115 Å². The van der Waals surface area contributed by atoms with Crippen molar-refractivity contribution in [1.82, 2.24) is 14.7 Å². The first-order valence-electron chi connectivity index (χ1n) is 13.0. The number of pyridine rings is 1. The van der Waals surface area contributed by atoms with Gasteiger partial charge in [0, 0.05) is 14.5 Å². The Hall–Kier alpha value is -3.67. The largest absolute Gasteiger partial charge is 0.482 e. The summed E-state index contributed by atoms with van der Waals surface area (Å²) in [7, 11) is 0. The van der Waals surface area contributed by atoms with Gasteiger partial charge in [0.2, 0.25) is 0 Å². The molecule has 2 aliphatic heterocycles. The first-order valence-corrected chi connectivity index (χ1v) is 14.8. The zero-order valence-corrected chi connectivity index (χ0v) is 24.1. The molecule has 1 atom stereocenters. The minimum absolute atomic E-state index is 0. The summed E-state index contributed by atoms with van der Waals surface area (Å²) < 4.78 is 13.2. The van der Waals surface area contributed by atoms with Crippen LogP contribution in [0.2, 0.25) is 0 Å². The molecule has 210 valence electrons. The van der Waals surface area contributed by atoms with Crippen LogP contribution in [0.4, 0.5) is 16.4 Å². The van der Waals surface area contributed by atoms with Gasteiger partial charge in [0.05, 0.1) is 52.1 Å². The van der Waals surface area contributed by atoms with Gasteiger partial charge in [-0.1, -0.05) is 51.6 Å². The van der Waals surface area contributed by atoms with Gasteiger partial charge in [-0.3, -0.25) is 9.20 Å². The van der Waals surface area contributed by atoms with Crippen molar-refractivity contribution in [2.75, 3.05) is 29.6 Å². The molecule has 5 N–H and O–H groups in total. The number of rotatable bonds is 7. The zero-order chi connectivity index (χ0) is 27.8. The summed E-state index contributed by atoms with van der Waals surface area (Å²) in [6.07, 6.45) is 3.89. The van der Waals surface area contributed by atoms with Crippen molar-refractivity contribution in [2.45, 2.75) is 39.3 Å². The molecule has 11 heteroatoms. The third-order valence-electron chi connectivity index (χ3n) is 5.60. The molecular weight excluding hydrogens is 532 g/mol. The molecule has 5 heterocycles. The molecule has 1 unspecified atom stereocenters. The molecule has 1 amide bonds. The number of hydrogen-bond acceptors (Lipinski definition) is 9. The number of imidazole rings is 1. The summed E-state index contributed by atoms with van der Waals surface area (Å²) in [5.74, 6) is 0.554. The van der Waals surface area contributed by atoms with Gasteiger partial charge in [-0.25, -0.2) is 4.98 Å². The van der Waals surface area contributed by atoms with E-state index in [0.717, 1.165) is 27.8 Å². The van der Waals surface area contributed by atoms with Crippen molar-refractivity contribution in [2.24, 2.45) is 0 Å². The number of fused-ring (bicyclic) bond motifs is 1. The quantitative estimate of drug-likeness (QED) is 0.184. The van der Waals surface area contributed by atoms with E-state index in [1.54, 1.807) is 30.0 Å². The van der Waals surface area contributed by atoms with Crippen LogP contribution >= 0.6 is 23.1 Å². The summed E-state index contributed by atoms with van der Waals surface area (Å²) in [6.45, 7) is 9.22. The molecule has 0 bridgehead atoms. The van der Waals surface area contributed by atoms with Crippen molar-refractivity contribution in [3.63, 3.8) is 0 Å². The number of nitrogen functional groups attached to an aromatic ring is 1. The van der Waals surface area contributed by atoms with Crippen LogP contribution in [0.3, 0.4) is 0 Å². The molecule has 0 spiro atoms. The molecule has 1 aromatic carbocycles. The third kappa shape index (κ3) is 6.49. The van der Waals surface area contributed by atoms with E-state index in [1.165, 1.54) is 11.3 Å². The number of nitrogens with two attached hydrogens (primary N) is 1. The van der Waals surface area contributed by atoms with Crippen LogP contribution in [0, 0.1) is 0 Å². The van der Waals surface area contributed by atoms with Crippen LogP contribution < -0.4 is 26.4 Å². The maximum atomic E-state index is 12.6. The van der Waals surface area contributed by atoms with E-state index in [-0.39, 0.29) is 20.4 Å². The molecule has 0 saturated carbocycles. The number of para-hydroxylation sites is 2. The number of anilines is 3. The van der Waals surface area contributed by atoms with Crippen LogP contribution in [0.15, 0.2) is 66.3 Å². The van der Waals surface area contributed by atoms with Crippen molar-refractivity contribution in [3.8, 4) is 5.75 Å². The first-order chi connectivity index (χ1) is 19.1. The molecule has 3 aromatic heterocycles. The summed E-state index contributed by atoms with van der Waals surface area (Å²) in [4.78, 5) is 17.8. The van der Waals surface area contributed by atoms with Gasteiger partial charge in [0.15, 0.2) is 16.9 Å². The van der Waals surface area contributed by atoms with Crippen LogP contribution in [-0.4, -0.2) is 40.1 Å². The second-order valence-corrected chi connectivity index (χ2v) is 10.1. The Bertz CT molecular complexity index is 1440. The maximum absolute atomic E-state index is 12.6. The number of aromatic nitrogens is 2. The summed E-state index contributed by atoms with van der Waals surface area (Å²) in [5, 5.41) is 12.7. The lowest BCUT2D eigenvalue weighted by atomic mass is 10.2. The second kappa shape index (κ2) is 13.4. The molecule has 1 fully saturated rings. The normalized spacial score (nSPS) is 16.0. The van der Waals surface area contributed by atoms with Crippen molar-refractivity contribution < 1.29 is 17.1 Å². The van der Waals surface area contributed by atoms with Crippen LogP contribution in [0.25, 0.3) is 11.3 Å². The Morgan fingerprint density at radius 1 is 1.15 bits per heavy atom. The third-order valence-corrected chi connectivity index (χ3v) is 7.49. The molecule has 9 nitrogen and oxygen atoms in total. The van der Waals surface area contributed by atoms with Crippen LogP contribution in [-0.2, 0) is 4.74 Å². The van der Waals surface area contributed by atoms with Gasteiger partial charge < -0.3 is 31.2 Å². The minimum Gasteiger partial charge on any atom is -0.482 e. The number of hydrogen-bond donors (Lipinski definition) is 4. The molecule has 2 aliphatic rings. The van der Waals surface area contributed by atoms with E-state index >= 15 is 0 Å². The van der Waals surface area contributed by atoms with Crippen molar-refractivity contribution >= 4 is 56.7 Å². The molecule has 0 radical (unpaired) electrons. The number of ether oxygens (including phenoxy) is 2. The highest BCUT2D eigenvalue weighted by atomic mass is 32.2. The lowest BCUT2D eigenvalue weighted by Crippen LogP contribution is -2.38. The predicted octanol–water partition coefficient (Wildman–Crippen LogP) is 6.58. The number of thioether (sulfide) groups is 1. The SMILES string of the molecule is CC.CC.Nc1ccccc1NC(=O)c1ccc(NC2NC(c3cnc4c(OC5COC5)cccn34)=CS2)s1.[HH].[HH]. The summed E-state index contributed by atoms with van der Waals surface area (Å²) >= 11 is 3.00. The molecule has 4 aromatic rings. The van der Waals surface area contributed by atoms with Crippen LogP contribution in [0.1, 0.15) is 45.9 Å². The lowest BCUT2D eigenvalue weighted by Gasteiger charge is -2.26. The number of thiophene rings is 1. The van der Waals surface area contributed by atoms with Gasteiger partial charge in [-0.05, 0) is 36.4 Å². The van der Waals surface area contributed by atoms with Gasteiger partial charge in [-0.15, -0.1) is 11.3 Å². The molecular formula is C28H38N6O3S2. The average molecular weight is 571 g/mol. The average Bonchev–Trinajstić information content (AvgIpc) is 3.70. The fraction of sp³-hybridized carbons (Fsp3) is 0.286. The van der Waals surface area contributed by atoms with Crippen molar-refractivity contribution in [1.29, 1.82) is 0 Å². The van der Waals surface area contributed by atoms with E-state index in [2.05, 4.69) is 26.3 Å². The molecule has 0 aliphatic carbocycles. The molecule has 39 heavy (non-hydrogen) atoms. The van der Waals surface area contributed by atoms with Crippen LogP contribution in [0.5, 0.6) is 5.75 Å². The number of amides is 1. The number of benzene rings is 1. The second-order valence-electron chi connectivity index (χ2n) is 8.03. The highest BCUT2D eigenvalue weighted by molar-refractivity contribution is 8.03. The van der Waals surface area contributed by atoms with E-state index in [9.17, 15) is 4.79 Å². The molecule has 6 rings (SSSR count). The monoisotopic (exact) mass is 570 g/mol. The Morgan fingerprint density at radius 2 is 1.95 bits per heavy atom. The summed E-state index contributed by atoms with van der Waals surface area (Å²) in [6, 6.07) is 14.8. The van der Waals surface area contributed by atoms with E-state index in [4.69, 9.17) is 15.2 Å². The fourth-order valence-electron chi connectivity index (χ4n) is 3.75. The zero-order valence-electron chi connectivity index (χ0n) is 22.4. The number of nitrogens with zero attached hydrogens (tertiary/aromatic N) is 2. The predicted molar refractivity (Wildman–Crippen MR) is 167 cm³/mol. The maximum Gasteiger partial charge on any atom is 0.265 e. The first kappa shape index (κ1) is 28.3. The standard InChI is InChI=1S/C24H22N6O3S2.2C2H6.2H2/c25-15-4-1-2-5-16(15)27-23(31)20-7-8-21(35-20)29-24-28-17(13-34-24)18-10-26-22-19(6-3-9-30(18)22)33-14-11-32-12-14;2*1-2;;/h1-10,13-14,24,28-29H,11-12,25H2,(H,27,31);2*1-2H3;2*1H. The van der Waals surface area contributed by atoms with E-state index in [1.807, 2.05) is 74.8 Å². The van der Waals surface area contributed by atoms with Gasteiger partial charge in [0.25, 0.3) is 5.91 Å². The molecule has 1 saturated heterocycles. The number of carbonyl (C=O) groups excluding carboxylic acids is 1. The number of carbonyl (C=O) groups is 1. The fourth-order valence-corrected chi connectivity index (χ4v) is 5.50. The Kier molecular flexibility index (Phi) is 9.74. The van der Waals surface area contributed by atoms with Crippen molar-refractivity contribution in [3.05, 3.63) is 76.9 Å². The highest BCUT2D eigenvalue weighted by Gasteiger charge is 2.24. The van der Waals surface area contributed by atoms with Gasteiger partial charge in [0.1, 0.15) is 6.10 Å².